The summed E-state index contributed by atoms with van der Waals surface area (Å²) in [7, 11) is 3.25. The lowest BCUT2D eigenvalue weighted by atomic mass is 10.0. The van der Waals surface area contributed by atoms with Crippen LogP contribution in [0.25, 0.3) is 16.5 Å². The molecule has 1 aromatic carbocycles. The molecule has 0 bridgehead atoms. The summed E-state index contributed by atoms with van der Waals surface area (Å²) >= 11 is 0. The fourth-order valence-electron chi connectivity index (χ4n) is 2.26. The van der Waals surface area contributed by atoms with E-state index >= 15 is 0 Å². The van der Waals surface area contributed by atoms with Crippen molar-refractivity contribution in [2.24, 2.45) is 5.11 Å². The minimum Gasteiger partial charge on any atom is -0.465 e. The van der Waals surface area contributed by atoms with E-state index in [0.29, 0.717) is 12.1 Å². The van der Waals surface area contributed by atoms with Crippen molar-refractivity contribution in [3.8, 4) is 0 Å². The van der Waals surface area contributed by atoms with Gasteiger partial charge in [0.05, 0.1) is 29.5 Å². The molecule has 0 saturated heterocycles. The highest BCUT2D eigenvalue weighted by Crippen LogP contribution is 2.24. The number of hydrogen-bond acceptors (Lipinski definition) is 4. The molecule has 5 nitrogen and oxygen atoms in total. The van der Waals surface area contributed by atoms with Gasteiger partial charge in [0.1, 0.15) is 6.54 Å². The van der Waals surface area contributed by atoms with Crippen molar-refractivity contribution in [2.45, 2.75) is 0 Å². The zero-order valence-electron chi connectivity index (χ0n) is 11.3. The highest BCUT2D eigenvalue weighted by Gasteiger charge is 2.19. The topological polar surface area (TPSA) is 54.6 Å². The number of pyridine rings is 1. The maximum Gasteiger partial charge on any atom is 0.338 e. The van der Waals surface area contributed by atoms with Crippen LogP contribution >= 0.6 is 0 Å². The first-order valence-electron chi connectivity index (χ1n) is 6.28. The monoisotopic (exact) mass is 268 g/mol. The van der Waals surface area contributed by atoms with E-state index in [-0.39, 0.29) is 5.97 Å². The van der Waals surface area contributed by atoms with Crippen molar-refractivity contribution < 1.29 is 14.2 Å². The Hall–Kier alpha value is -2.56. The number of fused-ring (bicyclic) bond motifs is 1. The van der Waals surface area contributed by atoms with E-state index in [1.807, 2.05) is 37.5 Å². The van der Waals surface area contributed by atoms with Crippen LogP contribution in [0.4, 0.5) is 0 Å². The van der Waals surface area contributed by atoms with Crippen molar-refractivity contribution in [1.29, 1.82) is 0 Å². The van der Waals surface area contributed by atoms with E-state index in [4.69, 9.17) is 4.74 Å². The van der Waals surface area contributed by atoms with Crippen molar-refractivity contribution in [3.63, 3.8) is 0 Å². The highest BCUT2D eigenvalue weighted by atomic mass is 16.5. The van der Waals surface area contributed by atoms with Gasteiger partial charge in [-0.2, -0.15) is 0 Å². The predicted octanol–water partition coefficient (Wildman–Crippen LogP) is 2.47. The van der Waals surface area contributed by atoms with Crippen LogP contribution in [0, 0.1) is 0 Å². The van der Waals surface area contributed by atoms with Crippen LogP contribution < -0.4 is 0 Å². The summed E-state index contributed by atoms with van der Waals surface area (Å²) in [5.74, 6) is -0.353. The molecule has 0 unspecified atom stereocenters. The molecule has 100 valence electrons. The summed E-state index contributed by atoms with van der Waals surface area (Å²) in [6.45, 7) is 0.572. The first-order chi connectivity index (χ1) is 9.69. The van der Waals surface area contributed by atoms with Crippen LogP contribution in [0.3, 0.4) is 0 Å². The smallest absolute Gasteiger partial charge is 0.338 e. The summed E-state index contributed by atoms with van der Waals surface area (Å²) in [4.78, 5) is 16.6. The van der Waals surface area contributed by atoms with E-state index in [2.05, 4.69) is 10.1 Å². The lowest BCUT2D eigenvalue weighted by Crippen LogP contribution is -2.05. The third-order valence-electron chi connectivity index (χ3n) is 3.26. The zero-order valence-corrected chi connectivity index (χ0v) is 11.3. The Morgan fingerprint density at radius 1 is 1.35 bits per heavy atom. The van der Waals surface area contributed by atoms with Crippen LogP contribution in [0.1, 0.15) is 16.1 Å². The van der Waals surface area contributed by atoms with Gasteiger partial charge in [-0.3, -0.25) is 0 Å². The summed E-state index contributed by atoms with van der Waals surface area (Å²) < 4.78 is 6.62. The van der Waals surface area contributed by atoms with Crippen LogP contribution in [0.2, 0.25) is 0 Å². The summed E-state index contributed by atoms with van der Waals surface area (Å²) in [5.41, 5.74) is 3.06. The maximum atomic E-state index is 12.0. The van der Waals surface area contributed by atoms with Crippen molar-refractivity contribution in [3.05, 3.63) is 47.8 Å². The number of azo groups is 2. The molecule has 1 aromatic heterocycles. The van der Waals surface area contributed by atoms with Gasteiger partial charge < -0.3 is 4.74 Å². The summed E-state index contributed by atoms with van der Waals surface area (Å²) in [6, 6.07) is 9.32. The number of esters is 1. The molecule has 0 amide bonds. The van der Waals surface area contributed by atoms with Crippen LogP contribution in [-0.2, 0) is 4.74 Å². The zero-order chi connectivity index (χ0) is 14.1. The van der Waals surface area contributed by atoms with Gasteiger partial charge in [0.25, 0.3) is 0 Å². The molecule has 0 fully saturated rings. The summed E-state index contributed by atoms with van der Waals surface area (Å²) in [5, 5.41) is 5.05. The highest BCUT2D eigenvalue weighted by molar-refractivity contribution is 6.04. The van der Waals surface area contributed by atoms with Gasteiger partial charge in [0, 0.05) is 5.39 Å². The van der Waals surface area contributed by atoms with Crippen molar-refractivity contribution in [1.82, 2.24) is 4.98 Å². The number of rotatable bonds is 2. The fraction of sp³-hybridized carbons (Fsp3) is 0.200. The number of aromatic nitrogens is 1. The molecule has 1 aliphatic rings. The lowest BCUT2D eigenvalue weighted by Gasteiger charge is -2.07. The first kappa shape index (κ1) is 12.5. The van der Waals surface area contributed by atoms with E-state index < -0.39 is 0 Å². The van der Waals surface area contributed by atoms with Gasteiger partial charge in [-0.15, -0.1) is 0 Å². The molecule has 0 N–H and O–H groups in total. The van der Waals surface area contributed by atoms with Gasteiger partial charge in [-0.05, 0) is 17.2 Å². The average molecular weight is 268 g/mol. The second-order valence-electron chi connectivity index (χ2n) is 4.59. The van der Waals surface area contributed by atoms with E-state index in [9.17, 15) is 4.79 Å². The Balaban J connectivity index is 2.21. The normalized spacial score (nSPS) is 14.1. The minimum atomic E-state index is -0.353. The van der Waals surface area contributed by atoms with E-state index in [1.165, 1.54) is 7.11 Å². The van der Waals surface area contributed by atoms with Gasteiger partial charge in [0.2, 0.25) is 6.20 Å². The number of nitrogens with zero attached hydrogens (tertiary/aromatic N) is 3. The number of carbonyl (C=O) groups is 1. The molecule has 1 aliphatic heterocycles. The van der Waals surface area contributed by atoms with Gasteiger partial charge in [0.15, 0.2) is 7.05 Å². The molecular weight excluding hydrogens is 254 g/mol. The standard InChI is InChI=1S/C15H14N3O2/c1-18-9-10(8-16-18)14-7-12(15(19)20-2)11-5-3-4-6-13(11)17-14/h3-7,9H,8H2,1-2H3/q+1. The molecule has 3 rings (SSSR count). The molecular formula is C15H14N3O2+. The number of benzene rings is 1. The maximum absolute atomic E-state index is 12.0. The van der Waals surface area contributed by atoms with Crippen molar-refractivity contribution in [2.75, 3.05) is 20.7 Å². The van der Waals surface area contributed by atoms with Gasteiger partial charge in [-0.25, -0.2) is 9.78 Å². The number of carbonyl (C=O) groups excluding carboxylic acids is 1. The van der Waals surface area contributed by atoms with Gasteiger partial charge >= 0.3 is 5.97 Å². The second kappa shape index (κ2) is 4.85. The second-order valence-corrected chi connectivity index (χ2v) is 4.59. The number of methoxy groups -OCH3 is 1. The molecule has 20 heavy (non-hydrogen) atoms. The minimum absolute atomic E-state index is 0.353. The quantitative estimate of drug-likeness (QED) is 0.621. The Morgan fingerprint density at radius 3 is 2.85 bits per heavy atom. The Kier molecular flexibility index (Phi) is 3.02. The largest absolute Gasteiger partial charge is 0.465 e. The molecule has 2 heterocycles. The fourth-order valence-corrected chi connectivity index (χ4v) is 2.26. The average Bonchev–Trinajstić information content (AvgIpc) is 2.92. The number of ether oxygens (including phenoxy) is 1. The van der Waals surface area contributed by atoms with Crippen molar-refractivity contribution >= 4 is 22.4 Å². The molecule has 0 radical (unpaired) electrons. The third kappa shape index (κ3) is 2.07. The molecule has 0 saturated carbocycles. The predicted molar refractivity (Wildman–Crippen MR) is 74.5 cm³/mol. The van der Waals surface area contributed by atoms with Crippen LogP contribution in [0.15, 0.2) is 41.6 Å². The van der Waals surface area contributed by atoms with E-state index in [0.717, 1.165) is 22.2 Å². The van der Waals surface area contributed by atoms with Gasteiger partial charge in [-0.1, -0.05) is 22.9 Å². The van der Waals surface area contributed by atoms with Crippen LogP contribution in [0.5, 0.6) is 0 Å². The lowest BCUT2D eigenvalue weighted by molar-refractivity contribution is -0.491. The number of hydrogen-bond donors (Lipinski definition) is 0. The summed E-state index contributed by atoms with van der Waals surface area (Å²) in [6.07, 6.45) is 1.91. The Morgan fingerprint density at radius 2 is 2.15 bits per heavy atom. The van der Waals surface area contributed by atoms with E-state index in [1.54, 1.807) is 10.8 Å². The Labute approximate surface area is 116 Å². The Bertz CT molecular complexity index is 763. The SMILES string of the molecule is COC(=O)c1cc(C2=C[N+](C)=NC2)nc2ccccc12. The molecule has 2 aromatic rings. The molecule has 0 spiro atoms. The molecule has 5 heteroatoms. The first-order valence-corrected chi connectivity index (χ1v) is 6.28. The number of para-hydroxylation sites is 1. The van der Waals surface area contributed by atoms with Crippen LogP contribution in [-0.4, -0.2) is 36.4 Å². The third-order valence-corrected chi connectivity index (χ3v) is 3.26. The molecule has 0 aliphatic carbocycles. The molecule has 0 atom stereocenters.